The lowest BCUT2D eigenvalue weighted by atomic mass is 10.0. The maximum absolute atomic E-state index is 14.7. The summed E-state index contributed by atoms with van der Waals surface area (Å²) in [5.41, 5.74) is -2.43. The Labute approximate surface area is 197 Å². The molecule has 0 amide bonds. The molecule has 0 bridgehead atoms. The second-order valence-electron chi connectivity index (χ2n) is 9.23. The smallest absolute Gasteiger partial charge is 0.361 e. The van der Waals surface area contributed by atoms with Gasteiger partial charge in [-0.15, -0.1) is 0 Å². The third-order valence-electron chi connectivity index (χ3n) is 6.73. The Morgan fingerprint density at radius 2 is 1.94 bits per heavy atom. The number of aromatic nitrogens is 3. The van der Waals surface area contributed by atoms with Crippen molar-refractivity contribution in [1.82, 2.24) is 19.8 Å². The summed E-state index contributed by atoms with van der Waals surface area (Å²) in [5.74, 6) is -1.22. The largest absolute Gasteiger partial charge is 0.419 e. The topological polar surface area (TPSA) is 84.2 Å². The number of hydrogen-bond donors (Lipinski definition) is 2. The van der Waals surface area contributed by atoms with Crippen LogP contribution in [0, 0.1) is 5.82 Å². The molecule has 2 N–H and O–H groups in total. The lowest BCUT2D eigenvalue weighted by Crippen LogP contribution is -2.58. The number of alkyl halides is 3. The number of halogens is 4. The molecule has 1 saturated heterocycles. The van der Waals surface area contributed by atoms with Crippen LogP contribution in [0.5, 0.6) is 0 Å². The summed E-state index contributed by atoms with van der Waals surface area (Å²) < 4.78 is 56.8. The second-order valence-corrected chi connectivity index (χ2v) is 9.23. The van der Waals surface area contributed by atoms with Crippen LogP contribution in [0.1, 0.15) is 36.9 Å². The van der Waals surface area contributed by atoms with E-state index in [4.69, 9.17) is 0 Å². The highest BCUT2D eigenvalue weighted by Gasteiger charge is 2.46. The Kier molecular flexibility index (Phi) is 5.38. The zero-order valence-corrected chi connectivity index (χ0v) is 19.1. The maximum atomic E-state index is 14.7. The molecule has 12 heteroatoms. The van der Waals surface area contributed by atoms with Crippen LogP contribution in [-0.2, 0) is 13.2 Å². The summed E-state index contributed by atoms with van der Waals surface area (Å²) in [6, 6.07) is 3.41. The first-order chi connectivity index (χ1) is 16.5. The number of benzene rings is 1. The van der Waals surface area contributed by atoms with Gasteiger partial charge in [-0.25, -0.2) is 13.7 Å². The van der Waals surface area contributed by atoms with Crippen molar-refractivity contribution in [2.75, 3.05) is 30.0 Å². The summed E-state index contributed by atoms with van der Waals surface area (Å²) >= 11 is 0. The molecule has 1 aromatic carbocycles. The van der Waals surface area contributed by atoms with Gasteiger partial charge in [-0.2, -0.15) is 18.3 Å². The number of piperazine rings is 1. The first kappa shape index (κ1) is 23.3. The third kappa shape index (κ3) is 4.15. The zero-order valence-electron chi connectivity index (χ0n) is 19.1. The Balaban J connectivity index is 1.57. The molecular weight excluding hydrogens is 468 g/mol. The van der Waals surface area contributed by atoms with E-state index in [2.05, 4.69) is 15.7 Å². The monoisotopic (exact) mass is 492 g/mol. The predicted molar refractivity (Wildman–Crippen MR) is 123 cm³/mol. The average molecular weight is 492 g/mol. The fraction of sp³-hybridized carbons (Fsp3) is 0.435. The molecule has 35 heavy (non-hydrogen) atoms. The number of nitrogens with one attached hydrogen (secondary N) is 2. The highest BCUT2D eigenvalue weighted by Crippen LogP contribution is 2.37. The van der Waals surface area contributed by atoms with Gasteiger partial charge in [0, 0.05) is 43.5 Å². The van der Waals surface area contributed by atoms with Gasteiger partial charge in [0.2, 0.25) is 0 Å². The Hall–Kier alpha value is -3.41. The number of anilines is 1. The minimum Gasteiger partial charge on any atom is -0.361 e. The molecule has 0 radical (unpaired) electrons. The Morgan fingerprint density at radius 3 is 2.63 bits per heavy atom. The van der Waals surface area contributed by atoms with E-state index in [1.807, 2.05) is 5.01 Å². The molecule has 1 aliphatic heterocycles. The van der Waals surface area contributed by atoms with Crippen LogP contribution in [0.4, 0.5) is 23.4 Å². The number of pyridine rings is 1. The first-order valence-electron chi connectivity index (χ1n) is 11.3. The maximum Gasteiger partial charge on any atom is 0.419 e. The summed E-state index contributed by atoms with van der Waals surface area (Å²) in [4.78, 5) is 25.6. The molecule has 1 aliphatic carbocycles. The van der Waals surface area contributed by atoms with E-state index >= 15 is 0 Å². The quantitative estimate of drug-likeness (QED) is 0.545. The van der Waals surface area contributed by atoms with Crippen molar-refractivity contribution in [2.45, 2.75) is 37.5 Å². The summed E-state index contributed by atoms with van der Waals surface area (Å²) in [5, 5.41) is 13.0. The fourth-order valence-electron chi connectivity index (χ4n) is 4.63. The minimum absolute atomic E-state index is 0.00561. The lowest BCUT2D eigenvalue weighted by Gasteiger charge is -2.36. The van der Waals surface area contributed by atoms with Gasteiger partial charge in [-0.3, -0.25) is 9.59 Å². The van der Waals surface area contributed by atoms with Crippen molar-refractivity contribution < 1.29 is 17.6 Å². The molecule has 1 saturated carbocycles. The second kappa shape index (κ2) is 8.08. The van der Waals surface area contributed by atoms with Crippen LogP contribution in [0.3, 0.4) is 0 Å². The van der Waals surface area contributed by atoms with Crippen LogP contribution >= 0.6 is 0 Å². The van der Waals surface area contributed by atoms with Crippen LogP contribution in [0.2, 0.25) is 0 Å². The number of rotatable bonds is 4. The molecular formula is C23H24F4N6O2. The molecule has 8 nitrogen and oxygen atoms in total. The van der Waals surface area contributed by atoms with Crippen LogP contribution < -0.4 is 26.8 Å². The van der Waals surface area contributed by atoms with Crippen molar-refractivity contribution in [3.63, 3.8) is 0 Å². The molecule has 2 aromatic heterocycles. The molecule has 2 aliphatic rings. The third-order valence-corrected chi connectivity index (χ3v) is 6.73. The van der Waals surface area contributed by atoms with E-state index in [0.717, 1.165) is 23.6 Å². The van der Waals surface area contributed by atoms with Gasteiger partial charge < -0.3 is 15.6 Å². The van der Waals surface area contributed by atoms with Crippen molar-refractivity contribution in [1.29, 1.82) is 0 Å². The average Bonchev–Trinajstić information content (AvgIpc) is 3.54. The SMILES string of the molecule is C[C@@H](Nc1nn(C)c(=O)c2cc(=O)n(N3CCNC4(CC4)C3)cc12)c1cccc(C(F)(F)F)c1F. The molecule has 186 valence electrons. The predicted octanol–water partition coefficient (Wildman–Crippen LogP) is 2.50. The van der Waals surface area contributed by atoms with Crippen LogP contribution in [-0.4, -0.2) is 39.6 Å². The number of hydrogen-bond acceptors (Lipinski definition) is 6. The zero-order chi connectivity index (χ0) is 25.1. The molecule has 2 fully saturated rings. The summed E-state index contributed by atoms with van der Waals surface area (Å²) in [6.45, 7) is 3.42. The Bertz CT molecular complexity index is 1430. The van der Waals surface area contributed by atoms with E-state index in [9.17, 15) is 27.2 Å². The van der Waals surface area contributed by atoms with Crippen LogP contribution in [0.15, 0.2) is 40.1 Å². The number of aryl methyl sites for hydroxylation is 1. The van der Waals surface area contributed by atoms with Crippen LogP contribution in [0.25, 0.3) is 10.8 Å². The standard InChI is InChI=1S/C23H24F4N6O2/c1-13(14-4-3-5-17(19(14)24)23(25,26)27)29-20-16-11-33(32-9-8-28-22(12-32)6-7-22)18(34)10-15(16)21(35)31(2)30-20/h3-5,10-11,13,28H,6-9,12H2,1-2H3,(H,29,30)/t13-/m1/s1. The van der Waals surface area contributed by atoms with E-state index in [1.54, 1.807) is 0 Å². The van der Waals surface area contributed by atoms with E-state index in [1.165, 1.54) is 37.0 Å². The van der Waals surface area contributed by atoms with Crippen molar-refractivity contribution in [2.24, 2.45) is 7.05 Å². The Morgan fingerprint density at radius 1 is 1.20 bits per heavy atom. The van der Waals surface area contributed by atoms with Gasteiger partial charge in [-0.05, 0) is 25.8 Å². The van der Waals surface area contributed by atoms with Gasteiger partial charge >= 0.3 is 6.18 Å². The fourth-order valence-corrected chi connectivity index (χ4v) is 4.63. The minimum atomic E-state index is -4.83. The van der Waals surface area contributed by atoms with Crippen molar-refractivity contribution >= 4 is 16.6 Å². The molecule has 1 spiro atoms. The highest BCUT2D eigenvalue weighted by molar-refractivity contribution is 5.90. The summed E-state index contributed by atoms with van der Waals surface area (Å²) in [7, 11) is 1.40. The van der Waals surface area contributed by atoms with E-state index < -0.39 is 29.2 Å². The van der Waals surface area contributed by atoms with Gasteiger partial charge in [0.05, 0.1) is 28.9 Å². The van der Waals surface area contributed by atoms with Gasteiger partial charge in [0.1, 0.15) is 5.82 Å². The van der Waals surface area contributed by atoms with Gasteiger partial charge in [0.25, 0.3) is 11.1 Å². The normalized spacial score (nSPS) is 18.2. The summed E-state index contributed by atoms with van der Waals surface area (Å²) in [6.07, 6.45) is -1.29. The highest BCUT2D eigenvalue weighted by atomic mass is 19.4. The lowest BCUT2D eigenvalue weighted by molar-refractivity contribution is -0.140. The molecule has 5 rings (SSSR count). The molecule has 0 unspecified atom stereocenters. The number of fused-ring (bicyclic) bond motifs is 1. The first-order valence-corrected chi connectivity index (χ1v) is 11.3. The van der Waals surface area contributed by atoms with Gasteiger partial charge in [-0.1, -0.05) is 12.1 Å². The van der Waals surface area contributed by atoms with Gasteiger partial charge in [0.15, 0.2) is 5.82 Å². The van der Waals surface area contributed by atoms with E-state index in [-0.39, 0.29) is 27.9 Å². The van der Waals surface area contributed by atoms with E-state index in [0.29, 0.717) is 31.1 Å². The molecule has 1 atom stereocenters. The number of nitrogens with zero attached hydrogens (tertiary/aromatic N) is 4. The van der Waals surface area contributed by atoms with Crippen molar-refractivity contribution in [3.8, 4) is 0 Å². The molecule has 3 heterocycles. The van der Waals surface area contributed by atoms with Crippen molar-refractivity contribution in [3.05, 3.63) is 68.1 Å². The molecule has 3 aromatic rings.